The summed E-state index contributed by atoms with van der Waals surface area (Å²) in [7, 11) is -0.963. The van der Waals surface area contributed by atoms with Crippen molar-refractivity contribution in [3.63, 3.8) is 0 Å². The molecule has 2 rings (SSSR count). The molecule has 0 spiro atoms. The third-order valence-corrected chi connectivity index (χ3v) is 6.06. The third-order valence-electron chi connectivity index (χ3n) is 3.18. The van der Waals surface area contributed by atoms with Gasteiger partial charge >= 0.3 is 0 Å². The second-order valence-corrected chi connectivity index (χ2v) is 7.48. The summed E-state index contributed by atoms with van der Waals surface area (Å²) in [6, 6.07) is 22.7. The van der Waals surface area contributed by atoms with E-state index in [0.29, 0.717) is 0 Å². The molecule has 0 heterocycles. The lowest BCUT2D eigenvalue weighted by molar-refractivity contribution is 1.10. The summed E-state index contributed by atoms with van der Waals surface area (Å²) < 4.78 is 0. The van der Waals surface area contributed by atoms with Gasteiger partial charge in [-0.1, -0.05) is 71.9 Å². The first-order valence-corrected chi connectivity index (χ1v) is 8.40. The number of aryl methyl sites for hydroxylation is 1. The molecule has 88 valence electrons. The van der Waals surface area contributed by atoms with Crippen LogP contribution in [0.1, 0.15) is 5.56 Å². The second-order valence-electron chi connectivity index (χ2n) is 4.37. The Morgan fingerprint density at radius 2 is 1.41 bits per heavy atom. The van der Waals surface area contributed by atoms with Crippen LogP contribution in [0.15, 0.2) is 60.7 Å². The maximum atomic E-state index is 5.93. The number of hydrogen-bond acceptors (Lipinski definition) is 1. The number of hydrogen-bond donors (Lipinski definition) is 1. The van der Waals surface area contributed by atoms with Crippen LogP contribution in [-0.4, -0.2) is 15.0 Å². The van der Waals surface area contributed by atoms with Crippen LogP contribution in [0.25, 0.3) is 0 Å². The SMILES string of the molecule is NC[SiH](CCc1ccccc1)c1ccccc1. The summed E-state index contributed by atoms with van der Waals surface area (Å²) in [4.78, 5) is 0. The molecule has 0 aliphatic rings. The smallest absolute Gasteiger partial charge is 0.0853 e. The van der Waals surface area contributed by atoms with E-state index >= 15 is 0 Å². The number of nitrogens with two attached hydrogens (primary N) is 1. The molecular formula is C15H19NSi. The Labute approximate surface area is 105 Å². The van der Waals surface area contributed by atoms with E-state index in [0.717, 1.165) is 12.6 Å². The molecule has 0 saturated carbocycles. The van der Waals surface area contributed by atoms with Gasteiger partial charge in [-0.3, -0.25) is 0 Å². The van der Waals surface area contributed by atoms with Crippen LogP contribution in [0, 0.1) is 0 Å². The summed E-state index contributed by atoms with van der Waals surface area (Å²) in [5.74, 6) is 0. The van der Waals surface area contributed by atoms with Gasteiger partial charge in [-0.25, -0.2) is 0 Å². The largest absolute Gasteiger partial charge is 0.333 e. The van der Waals surface area contributed by atoms with E-state index in [1.54, 1.807) is 0 Å². The van der Waals surface area contributed by atoms with Crippen LogP contribution < -0.4 is 10.9 Å². The highest BCUT2D eigenvalue weighted by Gasteiger charge is 2.10. The summed E-state index contributed by atoms with van der Waals surface area (Å²) in [5, 5.41) is 1.49. The molecule has 1 unspecified atom stereocenters. The van der Waals surface area contributed by atoms with Crippen LogP contribution in [0.4, 0.5) is 0 Å². The molecule has 1 nitrogen and oxygen atoms in total. The van der Waals surface area contributed by atoms with Gasteiger partial charge in [-0.05, 0) is 18.2 Å². The van der Waals surface area contributed by atoms with E-state index < -0.39 is 8.80 Å². The summed E-state index contributed by atoms with van der Waals surface area (Å²) >= 11 is 0. The van der Waals surface area contributed by atoms with Crippen molar-refractivity contribution in [2.75, 3.05) is 6.17 Å². The summed E-state index contributed by atoms with van der Waals surface area (Å²) in [6.07, 6.45) is 2.01. The van der Waals surface area contributed by atoms with Crippen LogP contribution in [0.2, 0.25) is 6.04 Å². The van der Waals surface area contributed by atoms with Crippen molar-refractivity contribution in [1.29, 1.82) is 0 Å². The summed E-state index contributed by atoms with van der Waals surface area (Å²) in [6.45, 7) is 0. The molecular weight excluding hydrogens is 222 g/mol. The fourth-order valence-corrected chi connectivity index (χ4v) is 4.42. The summed E-state index contributed by atoms with van der Waals surface area (Å²) in [5.41, 5.74) is 7.36. The number of rotatable bonds is 5. The first kappa shape index (κ1) is 12.1. The highest BCUT2D eigenvalue weighted by Crippen LogP contribution is 2.05. The molecule has 0 aromatic heterocycles. The predicted molar refractivity (Wildman–Crippen MR) is 77.2 cm³/mol. The molecule has 2 aromatic carbocycles. The molecule has 2 N–H and O–H groups in total. The molecule has 2 aromatic rings. The van der Waals surface area contributed by atoms with Gasteiger partial charge in [0.25, 0.3) is 0 Å². The molecule has 0 radical (unpaired) electrons. The van der Waals surface area contributed by atoms with Crippen molar-refractivity contribution in [3.8, 4) is 0 Å². The Morgan fingerprint density at radius 3 is 2.00 bits per heavy atom. The lowest BCUT2D eigenvalue weighted by Gasteiger charge is -2.13. The van der Waals surface area contributed by atoms with Gasteiger partial charge in [0.15, 0.2) is 0 Å². The van der Waals surface area contributed by atoms with Crippen LogP contribution in [0.5, 0.6) is 0 Å². The van der Waals surface area contributed by atoms with E-state index in [4.69, 9.17) is 5.73 Å². The highest BCUT2D eigenvalue weighted by molar-refractivity contribution is 6.73. The highest BCUT2D eigenvalue weighted by atomic mass is 28.3. The van der Waals surface area contributed by atoms with Gasteiger partial charge in [0.1, 0.15) is 0 Å². The van der Waals surface area contributed by atoms with Crippen molar-refractivity contribution in [2.45, 2.75) is 12.5 Å². The second kappa shape index (κ2) is 6.38. The maximum absolute atomic E-state index is 5.93. The van der Waals surface area contributed by atoms with Crippen LogP contribution in [0.3, 0.4) is 0 Å². The fraction of sp³-hybridized carbons (Fsp3) is 0.200. The van der Waals surface area contributed by atoms with E-state index in [-0.39, 0.29) is 0 Å². The standard InChI is InChI=1S/C15H19NSi/c16-13-17(15-9-5-2-6-10-15)12-11-14-7-3-1-4-8-14/h1-10,17H,11-13,16H2. The molecule has 0 saturated heterocycles. The molecule has 17 heavy (non-hydrogen) atoms. The Balaban J connectivity index is 1.97. The van der Waals surface area contributed by atoms with Crippen molar-refractivity contribution < 1.29 is 0 Å². The monoisotopic (exact) mass is 241 g/mol. The number of benzene rings is 2. The van der Waals surface area contributed by atoms with Crippen molar-refractivity contribution in [2.24, 2.45) is 5.73 Å². The van der Waals surface area contributed by atoms with E-state index in [1.165, 1.54) is 16.8 Å². The molecule has 1 atom stereocenters. The first-order chi connectivity index (χ1) is 8.40. The lowest BCUT2D eigenvalue weighted by atomic mass is 10.2. The quantitative estimate of drug-likeness (QED) is 0.795. The van der Waals surface area contributed by atoms with Gasteiger partial charge in [0.2, 0.25) is 0 Å². The minimum Gasteiger partial charge on any atom is -0.333 e. The molecule has 2 heteroatoms. The van der Waals surface area contributed by atoms with Crippen molar-refractivity contribution >= 4 is 14.0 Å². The Hall–Kier alpha value is -1.38. The zero-order valence-electron chi connectivity index (χ0n) is 10.0. The maximum Gasteiger partial charge on any atom is 0.0853 e. The minimum atomic E-state index is -0.963. The molecule has 0 aliphatic heterocycles. The lowest BCUT2D eigenvalue weighted by Crippen LogP contribution is -2.38. The molecule has 0 bridgehead atoms. The third kappa shape index (κ3) is 3.55. The Morgan fingerprint density at radius 1 is 0.824 bits per heavy atom. The molecule has 0 fully saturated rings. The minimum absolute atomic E-state index is 0.858. The Bertz CT molecular complexity index is 427. The zero-order valence-corrected chi connectivity index (χ0v) is 11.2. The van der Waals surface area contributed by atoms with Crippen LogP contribution >= 0.6 is 0 Å². The zero-order chi connectivity index (χ0) is 11.9. The normalized spacial score (nSPS) is 12.3. The van der Waals surface area contributed by atoms with Gasteiger partial charge in [0.05, 0.1) is 8.80 Å². The van der Waals surface area contributed by atoms with Gasteiger partial charge < -0.3 is 5.73 Å². The average molecular weight is 241 g/mol. The van der Waals surface area contributed by atoms with Crippen molar-refractivity contribution in [1.82, 2.24) is 0 Å². The molecule has 0 aliphatic carbocycles. The van der Waals surface area contributed by atoms with Crippen LogP contribution in [-0.2, 0) is 6.42 Å². The topological polar surface area (TPSA) is 26.0 Å². The first-order valence-electron chi connectivity index (χ1n) is 6.19. The van der Waals surface area contributed by atoms with Crippen molar-refractivity contribution in [3.05, 3.63) is 66.2 Å². The van der Waals surface area contributed by atoms with Gasteiger partial charge in [-0.15, -0.1) is 0 Å². The Kier molecular flexibility index (Phi) is 4.53. The predicted octanol–water partition coefficient (Wildman–Crippen LogP) is 1.86. The van der Waals surface area contributed by atoms with Gasteiger partial charge in [-0.2, -0.15) is 0 Å². The molecule has 0 amide bonds. The van der Waals surface area contributed by atoms with E-state index in [2.05, 4.69) is 60.7 Å². The van der Waals surface area contributed by atoms with E-state index in [1.807, 2.05) is 0 Å². The van der Waals surface area contributed by atoms with Gasteiger partial charge in [0, 0.05) is 0 Å². The van der Waals surface area contributed by atoms with E-state index in [9.17, 15) is 0 Å². The fourth-order valence-electron chi connectivity index (χ4n) is 2.13. The average Bonchev–Trinajstić information content (AvgIpc) is 2.42.